The summed E-state index contributed by atoms with van der Waals surface area (Å²) in [5, 5.41) is 3.00. The molecule has 0 aliphatic carbocycles. The van der Waals surface area contributed by atoms with Crippen LogP contribution in [0, 0.1) is 0 Å². The van der Waals surface area contributed by atoms with Gasteiger partial charge in [-0.05, 0) is 37.1 Å². The molecule has 1 aromatic heterocycles. The fourth-order valence-corrected chi connectivity index (χ4v) is 6.79. The Hall–Kier alpha value is -1.78. The van der Waals surface area contributed by atoms with Gasteiger partial charge in [-0.3, -0.25) is 9.69 Å². The summed E-state index contributed by atoms with van der Waals surface area (Å²) in [4.78, 5) is 15.8. The molecule has 2 aromatic rings. The number of nitrogens with one attached hydrogen (secondary N) is 1. The molecule has 1 atom stereocenters. The molecule has 1 N–H and O–H groups in total. The molecule has 1 unspecified atom stereocenters. The number of sulfonamides is 1. The molecule has 2 fully saturated rings. The Labute approximate surface area is 181 Å². The zero-order valence-electron chi connectivity index (χ0n) is 16.8. The van der Waals surface area contributed by atoms with Gasteiger partial charge in [-0.25, -0.2) is 8.42 Å². The number of amides is 1. The monoisotopic (exact) mass is 449 g/mol. The van der Waals surface area contributed by atoms with Gasteiger partial charge < -0.3 is 10.1 Å². The molecule has 0 saturated carbocycles. The Morgan fingerprint density at radius 2 is 1.87 bits per heavy atom. The molecule has 1 amide bonds. The molecule has 0 radical (unpaired) electrons. The average molecular weight is 450 g/mol. The molecule has 0 spiro atoms. The van der Waals surface area contributed by atoms with E-state index in [4.69, 9.17) is 4.74 Å². The van der Waals surface area contributed by atoms with Crippen LogP contribution in [-0.4, -0.2) is 62.4 Å². The van der Waals surface area contributed by atoms with Crippen LogP contribution in [0.5, 0.6) is 0 Å². The maximum absolute atomic E-state index is 12.8. The predicted molar refractivity (Wildman–Crippen MR) is 116 cm³/mol. The van der Waals surface area contributed by atoms with Gasteiger partial charge in [-0.15, -0.1) is 11.3 Å². The smallest absolute Gasteiger partial charge is 0.252 e. The van der Waals surface area contributed by atoms with Gasteiger partial charge in [-0.1, -0.05) is 30.3 Å². The Balaban J connectivity index is 1.34. The number of likely N-dealkylation sites (tertiary alicyclic amines) is 1. The lowest BCUT2D eigenvalue weighted by atomic mass is 10.1. The first-order valence-electron chi connectivity index (χ1n) is 10.3. The molecule has 162 valence electrons. The predicted octanol–water partition coefficient (Wildman–Crippen LogP) is 2.05. The number of hydrogen-bond acceptors (Lipinski definition) is 6. The number of benzene rings is 1. The van der Waals surface area contributed by atoms with Crippen LogP contribution in [0.4, 0.5) is 0 Å². The number of ether oxygens (including phenoxy) is 1. The van der Waals surface area contributed by atoms with E-state index in [-0.39, 0.29) is 11.9 Å². The molecule has 4 rings (SSSR count). The van der Waals surface area contributed by atoms with Gasteiger partial charge in [0.1, 0.15) is 4.21 Å². The van der Waals surface area contributed by atoms with E-state index in [2.05, 4.69) is 22.3 Å². The number of carbonyl (C=O) groups excluding carboxylic acids is 1. The first-order chi connectivity index (χ1) is 14.5. The van der Waals surface area contributed by atoms with Crippen molar-refractivity contribution in [1.82, 2.24) is 14.5 Å². The average Bonchev–Trinajstić information content (AvgIpc) is 3.43. The van der Waals surface area contributed by atoms with Crippen molar-refractivity contribution in [2.45, 2.75) is 36.2 Å². The molecule has 30 heavy (non-hydrogen) atoms. The van der Waals surface area contributed by atoms with E-state index >= 15 is 0 Å². The molecule has 9 heteroatoms. The molecule has 2 aliphatic rings. The van der Waals surface area contributed by atoms with Crippen molar-refractivity contribution >= 4 is 27.3 Å². The van der Waals surface area contributed by atoms with E-state index in [0.717, 1.165) is 30.8 Å². The molecule has 0 bridgehead atoms. The molecule has 2 saturated heterocycles. The van der Waals surface area contributed by atoms with Crippen LogP contribution in [0.15, 0.2) is 46.7 Å². The van der Waals surface area contributed by atoms with Crippen LogP contribution in [-0.2, 0) is 32.6 Å². The largest absolute Gasteiger partial charge is 0.379 e. The van der Waals surface area contributed by atoms with Crippen LogP contribution in [0.1, 0.15) is 23.3 Å². The first-order valence-corrected chi connectivity index (χ1v) is 12.5. The lowest BCUT2D eigenvalue weighted by molar-refractivity contribution is -0.125. The normalized spacial score (nSPS) is 21.0. The van der Waals surface area contributed by atoms with Crippen molar-refractivity contribution in [2.24, 2.45) is 0 Å². The van der Waals surface area contributed by atoms with Crippen LogP contribution < -0.4 is 5.32 Å². The molecular weight excluding hydrogens is 422 g/mol. The third kappa shape index (κ3) is 4.92. The van der Waals surface area contributed by atoms with Gasteiger partial charge in [0.15, 0.2) is 0 Å². The summed E-state index contributed by atoms with van der Waals surface area (Å²) in [5.74, 6) is 0.00872. The highest BCUT2D eigenvalue weighted by molar-refractivity contribution is 7.91. The van der Waals surface area contributed by atoms with Crippen molar-refractivity contribution in [3.63, 3.8) is 0 Å². The number of morpholine rings is 1. The molecular formula is C21H27N3O4S2. The van der Waals surface area contributed by atoms with Crippen LogP contribution in [0.25, 0.3) is 0 Å². The van der Waals surface area contributed by atoms with Crippen LogP contribution >= 0.6 is 11.3 Å². The second-order valence-corrected chi connectivity index (χ2v) is 10.9. The number of nitrogens with zero attached hydrogens (tertiary/aromatic N) is 2. The SMILES string of the molecule is O=C(NCc1ccc(S(=O)(=O)N2CCOCC2)s1)C1CCCN1Cc1ccccc1. The first kappa shape index (κ1) is 21.5. The number of rotatable bonds is 7. The summed E-state index contributed by atoms with van der Waals surface area (Å²) in [6.45, 7) is 3.63. The Bertz CT molecular complexity index is 956. The second-order valence-electron chi connectivity index (χ2n) is 7.57. The lowest BCUT2D eigenvalue weighted by Crippen LogP contribution is -2.42. The van der Waals surface area contributed by atoms with E-state index in [1.54, 1.807) is 12.1 Å². The topological polar surface area (TPSA) is 79.0 Å². The molecule has 1 aromatic carbocycles. The maximum atomic E-state index is 12.8. The van der Waals surface area contributed by atoms with Crippen LogP contribution in [0.3, 0.4) is 0 Å². The minimum atomic E-state index is -3.49. The van der Waals surface area contributed by atoms with Gasteiger partial charge in [0, 0.05) is 24.5 Å². The van der Waals surface area contributed by atoms with E-state index in [1.807, 2.05) is 18.2 Å². The minimum Gasteiger partial charge on any atom is -0.379 e. The summed E-state index contributed by atoms with van der Waals surface area (Å²) in [6, 6.07) is 13.5. The van der Waals surface area contributed by atoms with Crippen LogP contribution in [0.2, 0.25) is 0 Å². The van der Waals surface area contributed by atoms with Gasteiger partial charge in [0.25, 0.3) is 10.0 Å². The van der Waals surface area contributed by atoms with Gasteiger partial charge in [0.05, 0.1) is 25.8 Å². The fraction of sp³-hybridized carbons (Fsp3) is 0.476. The second kappa shape index (κ2) is 9.57. The van der Waals surface area contributed by atoms with Gasteiger partial charge in [0.2, 0.25) is 5.91 Å². The molecule has 3 heterocycles. The Morgan fingerprint density at radius 3 is 2.63 bits per heavy atom. The highest BCUT2D eigenvalue weighted by Gasteiger charge is 2.31. The van der Waals surface area contributed by atoms with Gasteiger partial charge in [-0.2, -0.15) is 4.31 Å². The van der Waals surface area contributed by atoms with E-state index < -0.39 is 10.0 Å². The highest BCUT2D eigenvalue weighted by Crippen LogP contribution is 2.26. The third-order valence-corrected chi connectivity index (χ3v) is 8.98. The number of hydrogen-bond donors (Lipinski definition) is 1. The van der Waals surface area contributed by atoms with E-state index in [0.29, 0.717) is 37.1 Å². The molecule has 7 nitrogen and oxygen atoms in total. The third-order valence-electron chi connectivity index (χ3n) is 5.53. The number of thiophene rings is 1. The summed E-state index contributed by atoms with van der Waals surface area (Å²) < 4.78 is 32.5. The molecule has 2 aliphatic heterocycles. The van der Waals surface area contributed by atoms with Crippen molar-refractivity contribution in [1.29, 1.82) is 0 Å². The standard InChI is InChI=1S/C21H27N3O4S2/c25-21(19-7-4-10-23(19)16-17-5-2-1-3-6-17)22-15-18-8-9-20(29-18)30(26,27)24-11-13-28-14-12-24/h1-3,5-6,8-9,19H,4,7,10-16H2,(H,22,25). The van der Waals surface area contributed by atoms with Crippen molar-refractivity contribution in [3.05, 3.63) is 52.9 Å². The Kier molecular flexibility index (Phi) is 6.84. The number of carbonyl (C=O) groups is 1. The summed E-state index contributed by atoms with van der Waals surface area (Å²) in [6.07, 6.45) is 1.85. The fourth-order valence-electron chi connectivity index (χ4n) is 3.93. The quantitative estimate of drug-likeness (QED) is 0.700. The van der Waals surface area contributed by atoms with Crippen molar-refractivity contribution in [3.8, 4) is 0 Å². The summed E-state index contributed by atoms with van der Waals surface area (Å²) in [7, 11) is -3.49. The highest BCUT2D eigenvalue weighted by atomic mass is 32.2. The minimum absolute atomic E-state index is 0.00872. The van der Waals surface area contributed by atoms with E-state index in [9.17, 15) is 13.2 Å². The van der Waals surface area contributed by atoms with Gasteiger partial charge >= 0.3 is 0 Å². The lowest BCUT2D eigenvalue weighted by Gasteiger charge is -2.25. The summed E-state index contributed by atoms with van der Waals surface area (Å²) in [5.41, 5.74) is 1.20. The zero-order chi connectivity index (χ0) is 21.0. The van der Waals surface area contributed by atoms with Crippen molar-refractivity contribution < 1.29 is 17.9 Å². The maximum Gasteiger partial charge on any atom is 0.252 e. The zero-order valence-corrected chi connectivity index (χ0v) is 18.5. The van der Waals surface area contributed by atoms with E-state index in [1.165, 1.54) is 21.2 Å². The summed E-state index contributed by atoms with van der Waals surface area (Å²) >= 11 is 1.22. The Morgan fingerprint density at radius 1 is 1.10 bits per heavy atom. The van der Waals surface area contributed by atoms with Crippen molar-refractivity contribution in [2.75, 3.05) is 32.8 Å².